The van der Waals surface area contributed by atoms with Gasteiger partial charge in [0.1, 0.15) is 5.15 Å². The van der Waals surface area contributed by atoms with Crippen LogP contribution in [0.4, 0.5) is 0 Å². The van der Waals surface area contributed by atoms with Crippen LogP contribution in [-0.2, 0) is 6.42 Å². The molecule has 0 aromatic carbocycles. The highest BCUT2D eigenvalue weighted by molar-refractivity contribution is 6.34. The van der Waals surface area contributed by atoms with Crippen molar-refractivity contribution in [2.75, 3.05) is 0 Å². The molecule has 0 unspecified atom stereocenters. The molecule has 0 saturated carbocycles. The molecule has 0 saturated heterocycles. The molecule has 2 aromatic heterocycles. The largest absolute Gasteiger partial charge is 0.264 e. The minimum Gasteiger partial charge on any atom is -0.264 e. The molecule has 0 aliphatic carbocycles. The molecule has 0 aliphatic rings. The summed E-state index contributed by atoms with van der Waals surface area (Å²) in [4.78, 5) is 8.25. The molecule has 2 nitrogen and oxygen atoms in total. The van der Waals surface area contributed by atoms with E-state index in [2.05, 4.69) is 16.9 Å². The third-order valence-corrected chi connectivity index (χ3v) is 2.29. The fourth-order valence-electron chi connectivity index (χ4n) is 1.28. The van der Waals surface area contributed by atoms with Crippen molar-refractivity contribution in [3.8, 4) is 0 Å². The maximum absolute atomic E-state index is 5.99. The molecular formula is C10H9ClN2. The van der Waals surface area contributed by atoms with Gasteiger partial charge in [0.25, 0.3) is 0 Å². The molecule has 0 aliphatic heterocycles. The van der Waals surface area contributed by atoms with Crippen molar-refractivity contribution in [2.24, 2.45) is 0 Å². The lowest BCUT2D eigenvalue weighted by Gasteiger charge is -2.01. The number of halogens is 1. The van der Waals surface area contributed by atoms with Crippen LogP contribution in [0.25, 0.3) is 10.8 Å². The fourth-order valence-corrected chi connectivity index (χ4v) is 1.55. The van der Waals surface area contributed by atoms with Crippen molar-refractivity contribution >= 4 is 22.4 Å². The summed E-state index contributed by atoms with van der Waals surface area (Å²) >= 11 is 5.99. The summed E-state index contributed by atoms with van der Waals surface area (Å²) in [6, 6.07) is 3.99. The Hall–Kier alpha value is -1.15. The monoisotopic (exact) mass is 192 g/mol. The van der Waals surface area contributed by atoms with Crippen molar-refractivity contribution in [3.05, 3.63) is 35.4 Å². The van der Waals surface area contributed by atoms with Crippen LogP contribution in [0.2, 0.25) is 5.15 Å². The highest BCUT2D eigenvalue weighted by atomic mass is 35.5. The van der Waals surface area contributed by atoms with Gasteiger partial charge in [0, 0.05) is 23.5 Å². The van der Waals surface area contributed by atoms with Crippen molar-refractivity contribution in [1.29, 1.82) is 0 Å². The van der Waals surface area contributed by atoms with Crippen molar-refractivity contribution in [1.82, 2.24) is 9.97 Å². The molecule has 0 amide bonds. The molecule has 66 valence electrons. The van der Waals surface area contributed by atoms with Crippen LogP contribution < -0.4 is 0 Å². The third-order valence-electron chi connectivity index (χ3n) is 2.00. The molecule has 2 rings (SSSR count). The van der Waals surface area contributed by atoms with Gasteiger partial charge in [0.2, 0.25) is 0 Å². The molecule has 0 spiro atoms. The standard InChI is InChI=1S/C10H9ClN2/c1-2-8-5-7-3-4-12-6-9(7)10(11)13-8/h3-6H,2H2,1H3. The van der Waals surface area contributed by atoms with Gasteiger partial charge in [-0.1, -0.05) is 18.5 Å². The van der Waals surface area contributed by atoms with Gasteiger partial charge in [-0.05, 0) is 23.9 Å². The zero-order valence-corrected chi connectivity index (χ0v) is 8.04. The quantitative estimate of drug-likeness (QED) is 0.650. The molecule has 2 aromatic rings. The summed E-state index contributed by atoms with van der Waals surface area (Å²) in [6.45, 7) is 2.06. The number of fused-ring (bicyclic) bond motifs is 1. The molecular weight excluding hydrogens is 184 g/mol. The second-order valence-electron chi connectivity index (χ2n) is 2.85. The van der Waals surface area contributed by atoms with Gasteiger partial charge < -0.3 is 0 Å². The second-order valence-corrected chi connectivity index (χ2v) is 3.21. The van der Waals surface area contributed by atoms with Gasteiger partial charge in [-0.25, -0.2) is 4.98 Å². The number of pyridine rings is 2. The summed E-state index contributed by atoms with van der Waals surface area (Å²) < 4.78 is 0. The Kier molecular flexibility index (Phi) is 2.15. The molecule has 3 heteroatoms. The Morgan fingerprint density at radius 1 is 1.46 bits per heavy atom. The van der Waals surface area contributed by atoms with E-state index in [9.17, 15) is 0 Å². The summed E-state index contributed by atoms with van der Waals surface area (Å²) in [5.74, 6) is 0. The van der Waals surface area contributed by atoms with E-state index in [1.807, 2.05) is 12.1 Å². The normalized spacial score (nSPS) is 10.6. The number of hydrogen-bond acceptors (Lipinski definition) is 2. The fraction of sp³-hybridized carbons (Fsp3) is 0.200. The number of aryl methyl sites for hydroxylation is 1. The predicted molar refractivity (Wildman–Crippen MR) is 53.9 cm³/mol. The summed E-state index contributed by atoms with van der Waals surface area (Å²) in [5, 5.41) is 2.57. The van der Waals surface area contributed by atoms with E-state index in [0.29, 0.717) is 5.15 Å². The van der Waals surface area contributed by atoms with Crippen LogP contribution in [0.15, 0.2) is 24.5 Å². The Labute approximate surface area is 81.6 Å². The maximum Gasteiger partial charge on any atom is 0.138 e. The van der Waals surface area contributed by atoms with Crippen LogP contribution in [0, 0.1) is 0 Å². The third kappa shape index (κ3) is 1.49. The number of rotatable bonds is 1. The van der Waals surface area contributed by atoms with Crippen LogP contribution in [0.1, 0.15) is 12.6 Å². The van der Waals surface area contributed by atoms with Gasteiger partial charge in [-0.3, -0.25) is 4.98 Å². The zero-order valence-electron chi connectivity index (χ0n) is 7.29. The molecule has 0 atom stereocenters. The lowest BCUT2D eigenvalue weighted by atomic mass is 10.2. The Bertz CT molecular complexity index is 440. The predicted octanol–water partition coefficient (Wildman–Crippen LogP) is 2.85. The zero-order chi connectivity index (χ0) is 9.26. The Morgan fingerprint density at radius 2 is 2.31 bits per heavy atom. The van der Waals surface area contributed by atoms with Gasteiger partial charge in [-0.15, -0.1) is 0 Å². The Balaban J connectivity index is 2.77. The molecule has 0 N–H and O–H groups in total. The average Bonchev–Trinajstić information content (AvgIpc) is 2.18. The maximum atomic E-state index is 5.99. The second kappa shape index (κ2) is 3.30. The van der Waals surface area contributed by atoms with E-state index in [4.69, 9.17) is 11.6 Å². The SMILES string of the molecule is CCc1cc2ccncc2c(Cl)n1. The highest BCUT2D eigenvalue weighted by Crippen LogP contribution is 2.21. The van der Waals surface area contributed by atoms with Crippen LogP contribution >= 0.6 is 11.6 Å². The van der Waals surface area contributed by atoms with E-state index in [0.717, 1.165) is 22.9 Å². The lowest BCUT2D eigenvalue weighted by Crippen LogP contribution is -1.88. The van der Waals surface area contributed by atoms with E-state index >= 15 is 0 Å². The number of hydrogen-bond donors (Lipinski definition) is 0. The first-order valence-corrected chi connectivity index (χ1v) is 4.58. The van der Waals surface area contributed by atoms with Crippen LogP contribution in [0.3, 0.4) is 0 Å². The van der Waals surface area contributed by atoms with Gasteiger partial charge in [-0.2, -0.15) is 0 Å². The van der Waals surface area contributed by atoms with Crippen LogP contribution in [-0.4, -0.2) is 9.97 Å². The van der Waals surface area contributed by atoms with E-state index < -0.39 is 0 Å². The smallest absolute Gasteiger partial charge is 0.138 e. The number of nitrogens with zero attached hydrogens (tertiary/aromatic N) is 2. The van der Waals surface area contributed by atoms with E-state index in [1.165, 1.54) is 0 Å². The Morgan fingerprint density at radius 3 is 3.08 bits per heavy atom. The molecule has 0 bridgehead atoms. The van der Waals surface area contributed by atoms with E-state index in [1.54, 1.807) is 12.4 Å². The molecule has 2 heterocycles. The number of aromatic nitrogens is 2. The average molecular weight is 193 g/mol. The van der Waals surface area contributed by atoms with Crippen LogP contribution in [0.5, 0.6) is 0 Å². The summed E-state index contributed by atoms with van der Waals surface area (Å²) in [5.41, 5.74) is 1.02. The minimum absolute atomic E-state index is 0.544. The van der Waals surface area contributed by atoms with Gasteiger partial charge in [0.15, 0.2) is 0 Å². The summed E-state index contributed by atoms with van der Waals surface area (Å²) in [7, 11) is 0. The molecule has 13 heavy (non-hydrogen) atoms. The highest BCUT2D eigenvalue weighted by Gasteiger charge is 2.01. The van der Waals surface area contributed by atoms with E-state index in [-0.39, 0.29) is 0 Å². The summed E-state index contributed by atoms with van der Waals surface area (Å²) in [6.07, 6.45) is 4.40. The molecule has 0 radical (unpaired) electrons. The van der Waals surface area contributed by atoms with Gasteiger partial charge >= 0.3 is 0 Å². The molecule has 0 fully saturated rings. The lowest BCUT2D eigenvalue weighted by molar-refractivity contribution is 1.04. The first-order chi connectivity index (χ1) is 6.31. The first-order valence-electron chi connectivity index (χ1n) is 4.20. The topological polar surface area (TPSA) is 25.8 Å². The van der Waals surface area contributed by atoms with Gasteiger partial charge in [0.05, 0.1) is 0 Å². The minimum atomic E-state index is 0.544. The van der Waals surface area contributed by atoms with Crippen molar-refractivity contribution < 1.29 is 0 Å². The van der Waals surface area contributed by atoms with Crippen molar-refractivity contribution in [2.45, 2.75) is 13.3 Å². The van der Waals surface area contributed by atoms with Crippen molar-refractivity contribution in [3.63, 3.8) is 0 Å². The first kappa shape index (κ1) is 8.45.